The van der Waals surface area contributed by atoms with Gasteiger partial charge >= 0.3 is 0 Å². The molecule has 1 aromatic carbocycles. The van der Waals surface area contributed by atoms with E-state index >= 15 is 0 Å². The first-order valence-corrected chi connectivity index (χ1v) is 9.16. The maximum atomic E-state index is 13.5. The van der Waals surface area contributed by atoms with Crippen LogP contribution in [0.5, 0.6) is 0 Å². The van der Waals surface area contributed by atoms with Gasteiger partial charge in [-0.05, 0) is 12.1 Å². The summed E-state index contributed by atoms with van der Waals surface area (Å²) in [5.41, 5.74) is 0.619. The van der Waals surface area contributed by atoms with Crippen molar-refractivity contribution < 1.29 is 9.18 Å². The Kier molecular flexibility index (Phi) is 5.56. The average molecular weight is 375 g/mol. The molecule has 0 unspecified atom stereocenters. The third kappa shape index (κ3) is 4.31. The van der Waals surface area contributed by atoms with Gasteiger partial charge in [-0.1, -0.05) is 30.0 Å². The van der Waals surface area contributed by atoms with Gasteiger partial charge in [-0.2, -0.15) is 0 Å². The molecule has 0 saturated heterocycles. The normalized spacial score (nSPS) is 10.6. The summed E-state index contributed by atoms with van der Waals surface area (Å²) < 4.78 is 15.3. The number of hydrogen-bond donors (Lipinski definition) is 1. The molecule has 0 aliphatic rings. The zero-order valence-corrected chi connectivity index (χ0v) is 14.7. The number of carbonyl (C=O) groups excluding carboxylic acids is 1. The number of amides is 1. The van der Waals surface area contributed by atoms with Crippen LogP contribution in [0, 0.1) is 5.82 Å². The quantitative estimate of drug-likeness (QED) is 0.506. The van der Waals surface area contributed by atoms with Crippen LogP contribution in [-0.4, -0.2) is 31.4 Å². The van der Waals surface area contributed by atoms with Gasteiger partial charge in [0.1, 0.15) is 5.82 Å². The minimum atomic E-state index is -0.345. The standard InChI is InChI=1S/C16H14FN5OS2/c1-2-7-22-14(11-4-3-5-12(17)9-11)20-21-16(22)25-10-13(23)19-15-18-6-8-24-15/h2-6,8-9H,1,7,10H2,(H,18,19,23). The summed E-state index contributed by atoms with van der Waals surface area (Å²) in [6, 6.07) is 6.14. The Hall–Kier alpha value is -2.52. The van der Waals surface area contributed by atoms with Gasteiger partial charge in [-0.3, -0.25) is 9.36 Å². The fraction of sp³-hybridized carbons (Fsp3) is 0.125. The number of allylic oxidation sites excluding steroid dienone is 1. The molecule has 25 heavy (non-hydrogen) atoms. The summed E-state index contributed by atoms with van der Waals surface area (Å²) in [5, 5.41) is 13.9. The third-order valence-corrected chi connectivity index (χ3v) is 4.78. The minimum Gasteiger partial charge on any atom is -0.301 e. The molecule has 6 nitrogen and oxygen atoms in total. The van der Waals surface area contributed by atoms with E-state index in [4.69, 9.17) is 0 Å². The first kappa shape index (κ1) is 17.3. The lowest BCUT2D eigenvalue weighted by Gasteiger charge is -2.07. The van der Waals surface area contributed by atoms with E-state index in [0.29, 0.717) is 28.2 Å². The second-order valence-corrected chi connectivity index (χ2v) is 6.73. The summed E-state index contributed by atoms with van der Waals surface area (Å²) in [7, 11) is 0. The lowest BCUT2D eigenvalue weighted by Crippen LogP contribution is -2.14. The molecule has 9 heteroatoms. The van der Waals surface area contributed by atoms with Crippen LogP contribution in [0.25, 0.3) is 11.4 Å². The SMILES string of the molecule is C=CCn1c(SCC(=O)Nc2nccs2)nnc1-c1cccc(F)c1. The van der Waals surface area contributed by atoms with Crippen molar-refractivity contribution in [2.45, 2.75) is 11.7 Å². The van der Waals surface area contributed by atoms with E-state index in [0.717, 1.165) is 0 Å². The molecule has 2 aromatic heterocycles. The Labute approximate surface area is 151 Å². The molecule has 0 bridgehead atoms. The van der Waals surface area contributed by atoms with Crippen LogP contribution in [0.2, 0.25) is 0 Å². The number of nitrogens with one attached hydrogen (secondary N) is 1. The van der Waals surface area contributed by atoms with Crippen molar-refractivity contribution in [1.82, 2.24) is 19.7 Å². The number of thiazole rings is 1. The number of anilines is 1. The molecular formula is C16H14FN5OS2. The summed E-state index contributed by atoms with van der Waals surface area (Å²) in [5.74, 6) is 0.170. The number of rotatable bonds is 7. The number of carbonyl (C=O) groups is 1. The zero-order valence-electron chi connectivity index (χ0n) is 13.1. The second-order valence-electron chi connectivity index (χ2n) is 4.89. The Morgan fingerprint density at radius 3 is 3.04 bits per heavy atom. The van der Waals surface area contributed by atoms with Crippen LogP contribution in [0.4, 0.5) is 9.52 Å². The van der Waals surface area contributed by atoms with Crippen molar-refractivity contribution in [3.05, 3.63) is 54.3 Å². The van der Waals surface area contributed by atoms with Crippen molar-refractivity contribution in [2.24, 2.45) is 0 Å². The highest BCUT2D eigenvalue weighted by Gasteiger charge is 2.15. The van der Waals surface area contributed by atoms with Crippen molar-refractivity contribution in [3.63, 3.8) is 0 Å². The van der Waals surface area contributed by atoms with Crippen LogP contribution >= 0.6 is 23.1 Å². The van der Waals surface area contributed by atoms with E-state index in [1.807, 2.05) is 0 Å². The second kappa shape index (κ2) is 8.04. The van der Waals surface area contributed by atoms with E-state index in [2.05, 4.69) is 27.1 Å². The van der Waals surface area contributed by atoms with Crippen molar-refractivity contribution >= 4 is 34.1 Å². The van der Waals surface area contributed by atoms with Crippen LogP contribution < -0.4 is 5.32 Å². The van der Waals surface area contributed by atoms with Gasteiger partial charge < -0.3 is 5.32 Å². The molecule has 1 amide bonds. The molecule has 0 aliphatic heterocycles. The van der Waals surface area contributed by atoms with Crippen LogP contribution in [0.15, 0.2) is 53.7 Å². The predicted octanol–water partition coefficient (Wildman–Crippen LogP) is 3.46. The van der Waals surface area contributed by atoms with E-state index in [1.165, 1.54) is 35.2 Å². The fourth-order valence-electron chi connectivity index (χ4n) is 2.10. The molecule has 2 heterocycles. The smallest absolute Gasteiger partial charge is 0.236 e. The highest BCUT2D eigenvalue weighted by molar-refractivity contribution is 7.99. The van der Waals surface area contributed by atoms with E-state index < -0.39 is 0 Å². The maximum Gasteiger partial charge on any atom is 0.236 e. The third-order valence-electron chi connectivity index (χ3n) is 3.12. The molecule has 0 aliphatic carbocycles. The molecule has 0 spiro atoms. The van der Waals surface area contributed by atoms with E-state index in [9.17, 15) is 9.18 Å². The first-order chi connectivity index (χ1) is 12.2. The molecule has 3 rings (SSSR count). The molecule has 0 saturated carbocycles. The topological polar surface area (TPSA) is 72.7 Å². The number of thioether (sulfide) groups is 1. The molecule has 1 N–H and O–H groups in total. The van der Waals surface area contributed by atoms with Gasteiger partial charge in [0.15, 0.2) is 16.1 Å². The van der Waals surface area contributed by atoms with Crippen molar-refractivity contribution in [1.29, 1.82) is 0 Å². The summed E-state index contributed by atoms with van der Waals surface area (Å²) in [4.78, 5) is 16.0. The lowest BCUT2D eigenvalue weighted by molar-refractivity contribution is -0.113. The molecule has 0 radical (unpaired) electrons. The van der Waals surface area contributed by atoms with E-state index in [-0.39, 0.29) is 17.5 Å². The number of aromatic nitrogens is 4. The Morgan fingerprint density at radius 1 is 1.44 bits per heavy atom. The zero-order chi connectivity index (χ0) is 17.6. The van der Waals surface area contributed by atoms with Crippen LogP contribution in [0.1, 0.15) is 0 Å². The number of benzene rings is 1. The summed E-state index contributed by atoms with van der Waals surface area (Å²) in [6.45, 7) is 4.18. The fourth-order valence-corrected chi connectivity index (χ4v) is 3.39. The highest BCUT2D eigenvalue weighted by Crippen LogP contribution is 2.24. The highest BCUT2D eigenvalue weighted by atomic mass is 32.2. The molecular weight excluding hydrogens is 361 g/mol. The van der Waals surface area contributed by atoms with Crippen LogP contribution in [0.3, 0.4) is 0 Å². The van der Waals surface area contributed by atoms with Gasteiger partial charge in [0.2, 0.25) is 5.91 Å². The molecule has 3 aromatic rings. The molecule has 128 valence electrons. The molecule has 0 atom stereocenters. The largest absolute Gasteiger partial charge is 0.301 e. The number of halogens is 1. The summed E-state index contributed by atoms with van der Waals surface area (Å²) >= 11 is 2.60. The maximum absolute atomic E-state index is 13.5. The average Bonchev–Trinajstić information content (AvgIpc) is 3.23. The molecule has 0 fully saturated rings. The summed E-state index contributed by atoms with van der Waals surface area (Å²) in [6.07, 6.45) is 3.32. The minimum absolute atomic E-state index is 0.165. The first-order valence-electron chi connectivity index (χ1n) is 7.29. The predicted molar refractivity (Wildman–Crippen MR) is 97.1 cm³/mol. The lowest BCUT2D eigenvalue weighted by atomic mass is 10.2. The monoisotopic (exact) mass is 375 g/mol. The number of hydrogen-bond acceptors (Lipinski definition) is 6. The van der Waals surface area contributed by atoms with Crippen LogP contribution in [-0.2, 0) is 11.3 Å². The van der Waals surface area contributed by atoms with Crippen molar-refractivity contribution in [2.75, 3.05) is 11.1 Å². The Balaban J connectivity index is 1.75. The van der Waals surface area contributed by atoms with Gasteiger partial charge in [0.25, 0.3) is 0 Å². The van der Waals surface area contributed by atoms with Gasteiger partial charge in [-0.15, -0.1) is 28.1 Å². The Bertz CT molecular complexity index is 879. The van der Waals surface area contributed by atoms with E-state index in [1.54, 1.807) is 34.4 Å². The van der Waals surface area contributed by atoms with Gasteiger partial charge in [0, 0.05) is 23.7 Å². The number of nitrogens with zero attached hydrogens (tertiary/aromatic N) is 4. The van der Waals surface area contributed by atoms with Gasteiger partial charge in [-0.25, -0.2) is 9.37 Å². The van der Waals surface area contributed by atoms with Crippen molar-refractivity contribution in [3.8, 4) is 11.4 Å². The van der Waals surface area contributed by atoms with Gasteiger partial charge in [0.05, 0.1) is 5.75 Å². The Morgan fingerprint density at radius 2 is 2.32 bits per heavy atom.